The number of oxime groups is 1. The zero-order chi connectivity index (χ0) is 15.6. The maximum absolute atomic E-state index is 9.93. The average molecular weight is 323 g/mol. The van der Waals surface area contributed by atoms with Crippen molar-refractivity contribution in [2.75, 3.05) is 26.2 Å². The molecular weight excluding hydrogens is 300 g/mol. The quantitative estimate of drug-likeness (QED) is 0.619. The summed E-state index contributed by atoms with van der Waals surface area (Å²) in [5.41, 5.74) is 1.04. The Hall–Kier alpha value is -1.36. The molecule has 0 aromatic heterocycles. The van der Waals surface area contributed by atoms with Gasteiger partial charge in [0.15, 0.2) is 5.17 Å². The van der Waals surface area contributed by atoms with Crippen LogP contribution in [0.1, 0.15) is 24.8 Å². The minimum absolute atomic E-state index is 0.159. The number of halogens is 1. The molecule has 1 N–H and O–H groups in total. The van der Waals surface area contributed by atoms with Gasteiger partial charge in [0.05, 0.1) is 0 Å². The minimum atomic E-state index is -0.538. The van der Waals surface area contributed by atoms with E-state index in [0.29, 0.717) is 6.54 Å². The fourth-order valence-corrected chi connectivity index (χ4v) is 2.55. The molecule has 4 nitrogen and oxygen atoms in total. The Morgan fingerprint density at radius 3 is 2.73 bits per heavy atom. The Labute approximate surface area is 137 Å². The van der Waals surface area contributed by atoms with Crippen LogP contribution in [0.25, 0.3) is 6.08 Å². The van der Waals surface area contributed by atoms with Crippen molar-refractivity contribution in [2.45, 2.75) is 25.4 Å². The second-order valence-corrected chi connectivity index (χ2v) is 5.86. The van der Waals surface area contributed by atoms with Crippen LogP contribution in [0.4, 0.5) is 0 Å². The number of β-amino-alcohol motifs (C(OH)–C–C–N with tert-alkyl or cyclic N) is 1. The molecule has 0 spiro atoms. The second-order valence-electron chi connectivity index (χ2n) is 5.47. The number of rotatable bonds is 7. The maximum atomic E-state index is 9.93. The van der Waals surface area contributed by atoms with Crippen molar-refractivity contribution in [1.82, 2.24) is 4.90 Å². The zero-order valence-electron chi connectivity index (χ0n) is 12.7. The van der Waals surface area contributed by atoms with Gasteiger partial charge in [-0.1, -0.05) is 59.6 Å². The van der Waals surface area contributed by atoms with Gasteiger partial charge in [-0.05, 0) is 37.6 Å². The number of allylic oxidation sites excluding steroid dienone is 1. The molecule has 1 aromatic carbocycles. The highest BCUT2D eigenvalue weighted by atomic mass is 35.5. The molecule has 1 saturated heterocycles. The lowest BCUT2D eigenvalue weighted by Gasteiger charge is -2.27. The van der Waals surface area contributed by atoms with Crippen LogP contribution in [0.15, 0.2) is 41.6 Å². The highest BCUT2D eigenvalue weighted by molar-refractivity contribution is 6.68. The van der Waals surface area contributed by atoms with Crippen molar-refractivity contribution in [3.63, 3.8) is 0 Å². The van der Waals surface area contributed by atoms with E-state index in [1.165, 1.54) is 19.3 Å². The first-order chi connectivity index (χ1) is 10.7. The van der Waals surface area contributed by atoms with E-state index in [2.05, 4.69) is 10.1 Å². The molecule has 1 aliphatic rings. The smallest absolute Gasteiger partial charge is 0.168 e. The number of benzene rings is 1. The van der Waals surface area contributed by atoms with Gasteiger partial charge in [-0.2, -0.15) is 0 Å². The molecule has 1 aromatic rings. The number of aliphatic hydroxyl groups is 1. The van der Waals surface area contributed by atoms with Crippen molar-refractivity contribution in [2.24, 2.45) is 5.16 Å². The van der Waals surface area contributed by atoms with Gasteiger partial charge in [0, 0.05) is 6.54 Å². The van der Waals surface area contributed by atoms with Gasteiger partial charge in [0.25, 0.3) is 0 Å². The van der Waals surface area contributed by atoms with Crippen LogP contribution in [-0.2, 0) is 4.84 Å². The summed E-state index contributed by atoms with van der Waals surface area (Å²) < 4.78 is 0. The van der Waals surface area contributed by atoms with Crippen molar-refractivity contribution in [3.05, 3.63) is 42.0 Å². The van der Waals surface area contributed by atoms with Crippen LogP contribution in [0.2, 0.25) is 0 Å². The molecule has 0 amide bonds. The van der Waals surface area contributed by atoms with Crippen LogP contribution < -0.4 is 0 Å². The summed E-state index contributed by atoms with van der Waals surface area (Å²) in [5, 5.41) is 14.0. The standard InChI is InChI=1S/C17H23ClN2O2/c18-17(10-9-15-7-3-1-4-8-15)19-22-14-16(21)13-20-11-5-2-6-12-20/h1,3-4,7-10,16,21H,2,5-6,11-14H2. The Bertz CT molecular complexity index is 485. The Kier molecular flexibility index (Phi) is 7.43. The molecule has 22 heavy (non-hydrogen) atoms. The first-order valence-electron chi connectivity index (χ1n) is 7.73. The van der Waals surface area contributed by atoms with Crippen LogP contribution in [0.5, 0.6) is 0 Å². The predicted octanol–water partition coefficient (Wildman–Crippen LogP) is 3.12. The van der Waals surface area contributed by atoms with Gasteiger partial charge in [0.2, 0.25) is 0 Å². The summed E-state index contributed by atoms with van der Waals surface area (Å²) in [7, 11) is 0. The lowest BCUT2D eigenvalue weighted by atomic mass is 10.1. The Morgan fingerprint density at radius 1 is 1.27 bits per heavy atom. The molecule has 1 atom stereocenters. The fourth-order valence-electron chi connectivity index (χ4n) is 2.44. The van der Waals surface area contributed by atoms with E-state index in [4.69, 9.17) is 16.4 Å². The van der Waals surface area contributed by atoms with Gasteiger partial charge >= 0.3 is 0 Å². The first-order valence-corrected chi connectivity index (χ1v) is 8.11. The van der Waals surface area contributed by atoms with Crippen LogP contribution in [-0.4, -0.2) is 47.5 Å². The van der Waals surface area contributed by atoms with Crippen molar-refractivity contribution in [1.29, 1.82) is 0 Å². The molecule has 1 fully saturated rings. The number of hydrogen-bond donors (Lipinski definition) is 1. The number of piperidine rings is 1. The number of nitrogens with zero attached hydrogens (tertiary/aromatic N) is 2. The summed E-state index contributed by atoms with van der Waals surface area (Å²) in [6.07, 6.45) is 6.71. The van der Waals surface area contributed by atoms with Gasteiger partial charge in [-0.25, -0.2) is 0 Å². The minimum Gasteiger partial charge on any atom is -0.392 e. The molecular formula is C17H23ClN2O2. The van der Waals surface area contributed by atoms with E-state index in [0.717, 1.165) is 18.7 Å². The lowest BCUT2D eigenvalue weighted by Crippen LogP contribution is -2.37. The molecule has 0 radical (unpaired) electrons. The SMILES string of the molecule is OC(CON=C(Cl)C=Cc1ccccc1)CN1CCCCC1. The monoisotopic (exact) mass is 322 g/mol. The average Bonchev–Trinajstić information content (AvgIpc) is 2.55. The topological polar surface area (TPSA) is 45.1 Å². The lowest BCUT2D eigenvalue weighted by molar-refractivity contribution is 0.0162. The molecule has 0 aliphatic carbocycles. The second kappa shape index (κ2) is 9.62. The van der Waals surface area contributed by atoms with Crippen LogP contribution in [0.3, 0.4) is 0 Å². The van der Waals surface area contributed by atoms with Crippen molar-refractivity contribution >= 4 is 22.8 Å². The molecule has 1 unspecified atom stereocenters. The number of hydrogen-bond acceptors (Lipinski definition) is 4. The van der Waals surface area contributed by atoms with E-state index in [-0.39, 0.29) is 11.8 Å². The highest BCUT2D eigenvalue weighted by Gasteiger charge is 2.14. The summed E-state index contributed by atoms with van der Waals surface area (Å²) >= 11 is 5.95. The van der Waals surface area contributed by atoms with E-state index in [1.54, 1.807) is 6.08 Å². The normalized spacial score (nSPS) is 18.5. The molecule has 1 heterocycles. The summed E-state index contributed by atoms with van der Waals surface area (Å²) in [5.74, 6) is 0. The van der Waals surface area contributed by atoms with Crippen molar-refractivity contribution < 1.29 is 9.94 Å². The van der Waals surface area contributed by atoms with Gasteiger partial charge in [0.1, 0.15) is 12.7 Å². The van der Waals surface area contributed by atoms with E-state index in [1.807, 2.05) is 36.4 Å². The van der Waals surface area contributed by atoms with Gasteiger partial charge in [-0.15, -0.1) is 0 Å². The Balaban J connectivity index is 1.68. The molecule has 5 heteroatoms. The third-order valence-electron chi connectivity index (χ3n) is 3.55. The third-order valence-corrected chi connectivity index (χ3v) is 3.74. The van der Waals surface area contributed by atoms with E-state index >= 15 is 0 Å². The van der Waals surface area contributed by atoms with E-state index in [9.17, 15) is 5.11 Å². The van der Waals surface area contributed by atoms with Crippen LogP contribution >= 0.6 is 11.6 Å². The van der Waals surface area contributed by atoms with Crippen molar-refractivity contribution in [3.8, 4) is 0 Å². The fraction of sp³-hybridized carbons (Fsp3) is 0.471. The highest BCUT2D eigenvalue weighted by Crippen LogP contribution is 2.09. The maximum Gasteiger partial charge on any atom is 0.168 e. The molecule has 2 rings (SSSR count). The zero-order valence-corrected chi connectivity index (χ0v) is 13.5. The summed E-state index contributed by atoms with van der Waals surface area (Å²) in [6, 6.07) is 9.82. The van der Waals surface area contributed by atoms with Gasteiger partial charge < -0.3 is 14.8 Å². The number of aliphatic hydroxyl groups excluding tert-OH is 1. The molecule has 120 valence electrons. The summed E-state index contributed by atoms with van der Waals surface area (Å²) in [6.45, 7) is 2.90. The molecule has 0 saturated carbocycles. The molecule has 1 aliphatic heterocycles. The third kappa shape index (κ3) is 6.60. The largest absolute Gasteiger partial charge is 0.392 e. The number of likely N-dealkylation sites (tertiary alicyclic amines) is 1. The van der Waals surface area contributed by atoms with E-state index < -0.39 is 6.10 Å². The van der Waals surface area contributed by atoms with Gasteiger partial charge in [-0.3, -0.25) is 0 Å². The summed E-state index contributed by atoms with van der Waals surface area (Å²) in [4.78, 5) is 7.38. The first kappa shape index (κ1) is 17.0. The Morgan fingerprint density at radius 2 is 2.00 bits per heavy atom. The molecule has 0 bridgehead atoms. The van der Waals surface area contributed by atoms with Crippen LogP contribution in [0, 0.1) is 0 Å². The predicted molar refractivity (Wildman–Crippen MR) is 91.0 cm³/mol.